The lowest BCUT2D eigenvalue weighted by atomic mass is 9.93. The van der Waals surface area contributed by atoms with Crippen LogP contribution in [0.15, 0.2) is 24.3 Å². The molecule has 0 aromatic heterocycles. The van der Waals surface area contributed by atoms with Crippen molar-refractivity contribution in [3.63, 3.8) is 0 Å². The molecule has 1 saturated carbocycles. The van der Waals surface area contributed by atoms with Gasteiger partial charge in [-0.2, -0.15) is 5.01 Å². The molecule has 0 radical (unpaired) electrons. The smallest absolute Gasteiger partial charge is 0.258 e. The summed E-state index contributed by atoms with van der Waals surface area (Å²) in [4.78, 5) is 12.6. The standard InChI is InChI=1S/C18H25ClN2O/c1-18(2)17(22)21(15-10-5-3-4-6-11-15)20(18)13-14-9-7-8-12-16(14)19/h7-9,12,15H,3-6,10-11,13H2,1-2H3. The molecule has 0 bridgehead atoms. The molecule has 0 atom stereocenters. The van der Waals surface area contributed by atoms with E-state index in [4.69, 9.17) is 11.6 Å². The fourth-order valence-corrected chi connectivity index (χ4v) is 3.85. The molecular weight excluding hydrogens is 296 g/mol. The van der Waals surface area contributed by atoms with Gasteiger partial charge >= 0.3 is 0 Å². The molecular formula is C18H25ClN2O. The van der Waals surface area contributed by atoms with E-state index in [1.807, 2.05) is 43.1 Å². The van der Waals surface area contributed by atoms with E-state index in [1.54, 1.807) is 0 Å². The van der Waals surface area contributed by atoms with E-state index < -0.39 is 5.54 Å². The molecule has 1 saturated heterocycles. The zero-order chi connectivity index (χ0) is 15.7. The molecule has 120 valence electrons. The topological polar surface area (TPSA) is 23.6 Å². The lowest BCUT2D eigenvalue weighted by molar-refractivity contribution is -0.230. The number of amides is 1. The minimum atomic E-state index is -0.425. The first kappa shape index (κ1) is 15.8. The molecule has 1 aromatic carbocycles. The molecule has 4 heteroatoms. The second-order valence-electron chi connectivity index (χ2n) is 7.00. The first-order chi connectivity index (χ1) is 10.5. The Labute approximate surface area is 138 Å². The Morgan fingerprint density at radius 1 is 1.14 bits per heavy atom. The largest absolute Gasteiger partial charge is 0.271 e. The molecule has 0 N–H and O–H groups in total. The highest BCUT2D eigenvalue weighted by atomic mass is 35.5. The van der Waals surface area contributed by atoms with E-state index in [2.05, 4.69) is 5.01 Å². The summed E-state index contributed by atoms with van der Waals surface area (Å²) < 4.78 is 0. The van der Waals surface area contributed by atoms with Gasteiger partial charge in [-0.25, -0.2) is 0 Å². The summed E-state index contributed by atoms with van der Waals surface area (Å²) in [5.74, 6) is 0.256. The highest BCUT2D eigenvalue weighted by molar-refractivity contribution is 6.31. The first-order valence-electron chi connectivity index (χ1n) is 8.36. The minimum absolute atomic E-state index is 0.256. The summed E-state index contributed by atoms with van der Waals surface area (Å²) in [6, 6.07) is 8.28. The number of rotatable bonds is 3. The van der Waals surface area contributed by atoms with Gasteiger partial charge in [-0.3, -0.25) is 9.80 Å². The van der Waals surface area contributed by atoms with Crippen LogP contribution in [0.25, 0.3) is 0 Å². The molecule has 0 spiro atoms. The normalized spacial score (nSPS) is 23.2. The van der Waals surface area contributed by atoms with Gasteiger partial charge < -0.3 is 0 Å². The highest BCUT2D eigenvalue weighted by Gasteiger charge is 2.54. The van der Waals surface area contributed by atoms with Crippen molar-refractivity contribution in [3.05, 3.63) is 34.9 Å². The van der Waals surface area contributed by atoms with Gasteiger partial charge in [0, 0.05) is 17.6 Å². The van der Waals surface area contributed by atoms with Crippen LogP contribution in [0, 0.1) is 0 Å². The Morgan fingerprint density at radius 2 is 1.77 bits per heavy atom. The van der Waals surface area contributed by atoms with Crippen molar-refractivity contribution in [1.29, 1.82) is 0 Å². The number of hydrazine groups is 1. The summed E-state index contributed by atoms with van der Waals surface area (Å²) in [7, 11) is 0. The van der Waals surface area contributed by atoms with Gasteiger partial charge in [0.1, 0.15) is 5.54 Å². The highest BCUT2D eigenvalue weighted by Crippen LogP contribution is 2.38. The molecule has 1 aliphatic heterocycles. The third-order valence-electron chi connectivity index (χ3n) is 5.09. The van der Waals surface area contributed by atoms with E-state index in [0.717, 1.165) is 23.4 Å². The van der Waals surface area contributed by atoms with Crippen LogP contribution in [-0.4, -0.2) is 27.5 Å². The lowest BCUT2D eigenvalue weighted by Gasteiger charge is -2.58. The van der Waals surface area contributed by atoms with Gasteiger partial charge in [0.2, 0.25) is 0 Å². The Balaban J connectivity index is 1.80. The molecule has 2 fully saturated rings. The number of carbonyl (C=O) groups is 1. The Kier molecular flexibility index (Phi) is 4.47. The van der Waals surface area contributed by atoms with Crippen LogP contribution in [-0.2, 0) is 11.3 Å². The zero-order valence-electron chi connectivity index (χ0n) is 13.5. The summed E-state index contributed by atoms with van der Waals surface area (Å²) in [6.07, 6.45) is 7.31. The monoisotopic (exact) mass is 320 g/mol. The summed E-state index contributed by atoms with van der Waals surface area (Å²) in [5.41, 5.74) is 0.661. The quantitative estimate of drug-likeness (QED) is 0.771. The van der Waals surface area contributed by atoms with Crippen LogP contribution in [0.4, 0.5) is 0 Å². The van der Waals surface area contributed by atoms with Crippen molar-refractivity contribution in [2.24, 2.45) is 0 Å². The van der Waals surface area contributed by atoms with E-state index in [9.17, 15) is 4.79 Å². The summed E-state index contributed by atoms with van der Waals surface area (Å²) in [6.45, 7) is 4.73. The summed E-state index contributed by atoms with van der Waals surface area (Å²) >= 11 is 6.31. The van der Waals surface area contributed by atoms with E-state index in [0.29, 0.717) is 12.6 Å². The molecule has 1 amide bonds. The lowest BCUT2D eigenvalue weighted by Crippen LogP contribution is -2.76. The van der Waals surface area contributed by atoms with E-state index in [-0.39, 0.29) is 5.91 Å². The predicted molar refractivity (Wildman–Crippen MR) is 89.4 cm³/mol. The maximum absolute atomic E-state index is 12.6. The average Bonchev–Trinajstić information content (AvgIpc) is 2.77. The maximum Gasteiger partial charge on any atom is 0.258 e. The number of hydrogen-bond donors (Lipinski definition) is 0. The fraction of sp³-hybridized carbons (Fsp3) is 0.611. The van der Waals surface area contributed by atoms with Crippen molar-refractivity contribution in [1.82, 2.24) is 10.0 Å². The third-order valence-corrected chi connectivity index (χ3v) is 5.45. The molecule has 1 aliphatic carbocycles. The predicted octanol–water partition coefficient (Wildman–Crippen LogP) is 4.40. The zero-order valence-corrected chi connectivity index (χ0v) is 14.3. The van der Waals surface area contributed by atoms with Gasteiger partial charge in [-0.05, 0) is 38.3 Å². The molecule has 1 aromatic rings. The van der Waals surface area contributed by atoms with Crippen LogP contribution < -0.4 is 0 Å². The number of nitrogens with zero attached hydrogens (tertiary/aromatic N) is 2. The van der Waals surface area contributed by atoms with Crippen molar-refractivity contribution in [2.45, 2.75) is 70.5 Å². The molecule has 22 heavy (non-hydrogen) atoms. The number of benzene rings is 1. The molecule has 3 rings (SSSR count). The van der Waals surface area contributed by atoms with Crippen molar-refractivity contribution >= 4 is 17.5 Å². The van der Waals surface area contributed by atoms with E-state index >= 15 is 0 Å². The summed E-state index contributed by atoms with van der Waals surface area (Å²) in [5, 5.41) is 5.01. The van der Waals surface area contributed by atoms with Crippen molar-refractivity contribution in [2.75, 3.05) is 0 Å². The van der Waals surface area contributed by atoms with E-state index in [1.165, 1.54) is 25.7 Å². The second-order valence-corrected chi connectivity index (χ2v) is 7.41. The Morgan fingerprint density at radius 3 is 2.41 bits per heavy atom. The molecule has 1 heterocycles. The first-order valence-corrected chi connectivity index (χ1v) is 8.74. The number of carbonyl (C=O) groups excluding carboxylic acids is 1. The van der Waals surface area contributed by atoms with Gasteiger partial charge in [0.05, 0.1) is 0 Å². The minimum Gasteiger partial charge on any atom is -0.271 e. The molecule has 3 nitrogen and oxygen atoms in total. The maximum atomic E-state index is 12.6. The van der Waals surface area contributed by atoms with Crippen molar-refractivity contribution < 1.29 is 4.79 Å². The number of hydrogen-bond acceptors (Lipinski definition) is 2. The fourth-order valence-electron chi connectivity index (χ4n) is 3.65. The SMILES string of the molecule is CC1(C)C(=O)N(C2CCCCCC2)N1Cc1ccccc1Cl. The van der Waals surface area contributed by atoms with Crippen LogP contribution in [0.1, 0.15) is 57.9 Å². The van der Waals surface area contributed by atoms with Crippen LogP contribution >= 0.6 is 11.6 Å². The van der Waals surface area contributed by atoms with Gasteiger partial charge in [-0.1, -0.05) is 55.5 Å². The Bertz CT molecular complexity index is 550. The molecule has 0 unspecified atom stereocenters. The van der Waals surface area contributed by atoms with Crippen molar-refractivity contribution in [3.8, 4) is 0 Å². The second kappa shape index (κ2) is 6.21. The Hall–Kier alpha value is -1.06. The third kappa shape index (κ3) is 2.77. The van der Waals surface area contributed by atoms with Crippen LogP contribution in [0.2, 0.25) is 5.02 Å². The van der Waals surface area contributed by atoms with Gasteiger partial charge in [0.15, 0.2) is 0 Å². The molecule has 2 aliphatic rings. The van der Waals surface area contributed by atoms with Gasteiger partial charge in [-0.15, -0.1) is 0 Å². The van der Waals surface area contributed by atoms with Crippen LogP contribution in [0.3, 0.4) is 0 Å². The average molecular weight is 321 g/mol. The van der Waals surface area contributed by atoms with Crippen LogP contribution in [0.5, 0.6) is 0 Å². The van der Waals surface area contributed by atoms with Gasteiger partial charge in [0.25, 0.3) is 5.91 Å². The number of halogens is 1.